The van der Waals surface area contributed by atoms with Gasteiger partial charge in [0, 0.05) is 5.56 Å². The van der Waals surface area contributed by atoms with E-state index in [4.69, 9.17) is 13.9 Å². The first-order chi connectivity index (χ1) is 11.3. The predicted octanol–water partition coefficient (Wildman–Crippen LogP) is 3.85. The molecule has 3 aromatic rings. The first-order valence-electron chi connectivity index (χ1n) is 7.19. The number of aromatic nitrogens is 2. The molecule has 1 aromatic heterocycles. The molecule has 0 radical (unpaired) electrons. The van der Waals surface area contributed by atoms with E-state index in [1.54, 1.807) is 12.1 Å². The molecule has 0 amide bonds. The van der Waals surface area contributed by atoms with Crippen molar-refractivity contribution in [2.45, 2.75) is 13.5 Å². The van der Waals surface area contributed by atoms with E-state index in [1.165, 1.54) is 12.1 Å². The van der Waals surface area contributed by atoms with Crippen molar-refractivity contribution < 1.29 is 18.3 Å². The molecule has 0 atom stereocenters. The molecule has 0 aliphatic carbocycles. The number of ether oxygens (including phenoxy) is 2. The van der Waals surface area contributed by atoms with Crippen LogP contribution in [-0.2, 0) is 6.61 Å². The maximum absolute atomic E-state index is 12.9. The molecule has 0 aliphatic rings. The van der Waals surface area contributed by atoms with E-state index >= 15 is 0 Å². The SMILES string of the molecule is CCOc1ccccc1OCc1nnc(-c2ccc(F)cc2)o1. The highest BCUT2D eigenvalue weighted by Gasteiger charge is 2.10. The molecule has 0 fully saturated rings. The van der Waals surface area contributed by atoms with Crippen molar-refractivity contribution in [1.29, 1.82) is 0 Å². The molecule has 0 saturated heterocycles. The molecule has 5 nitrogen and oxygen atoms in total. The van der Waals surface area contributed by atoms with Crippen LogP contribution in [0.4, 0.5) is 4.39 Å². The fourth-order valence-electron chi connectivity index (χ4n) is 2.00. The van der Waals surface area contributed by atoms with Crippen LogP contribution in [0.15, 0.2) is 52.9 Å². The van der Waals surface area contributed by atoms with E-state index in [1.807, 2.05) is 31.2 Å². The van der Waals surface area contributed by atoms with Crippen molar-refractivity contribution in [2.75, 3.05) is 6.61 Å². The molecule has 0 N–H and O–H groups in total. The summed E-state index contributed by atoms with van der Waals surface area (Å²) >= 11 is 0. The van der Waals surface area contributed by atoms with Gasteiger partial charge in [0.2, 0.25) is 5.89 Å². The molecule has 0 spiro atoms. The van der Waals surface area contributed by atoms with E-state index in [2.05, 4.69) is 10.2 Å². The zero-order valence-electron chi connectivity index (χ0n) is 12.5. The van der Waals surface area contributed by atoms with E-state index in [-0.39, 0.29) is 12.4 Å². The highest BCUT2D eigenvalue weighted by Crippen LogP contribution is 2.27. The second kappa shape index (κ2) is 6.91. The molecule has 2 aromatic carbocycles. The van der Waals surface area contributed by atoms with Crippen LogP contribution < -0.4 is 9.47 Å². The summed E-state index contributed by atoms with van der Waals surface area (Å²) in [6, 6.07) is 13.2. The second-order valence-corrected chi connectivity index (χ2v) is 4.68. The van der Waals surface area contributed by atoms with Crippen molar-refractivity contribution in [3.05, 3.63) is 60.2 Å². The van der Waals surface area contributed by atoms with Gasteiger partial charge in [-0.3, -0.25) is 0 Å². The lowest BCUT2D eigenvalue weighted by atomic mass is 10.2. The molecule has 23 heavy (non-hydrogen) atoms. The van der Waals surface area contributed by atoms with Crippen LogP contribution in [0.5, 0.6) is 11.5 Å². The van der Waals surface area contributed by atoms with Gasteiger partial charge in [0.1, 0.15) is 5.82 Å². The molecule has 1 heterocycles. The number of hydrogen-bond donors (Lipinski definition) is 0. The minimum atomic E-state index is -0.315. The Kier molecular flexibility index (Phi) is 4.52. The third-order valence-corrected chi connectivity index (χ3v) is 3.06. The van der Waals surface area contributed by atoms with Gasteiger partial charge in [-0.05, 0) is 43.3 Å². The summed E-state index contributed by atoms with van der Waals surface area (Å²) in [6.45, 7) is 2.58. The van der Waals surface area contributed by atoms with Crippen LogP contribution in [0.3, 0.4) is 0 Å². The summed E-state index contributed by atoms with van der Waals surface area (Å²) in [4.78, 5) is 0. The molecule has 0 unspecified atom stereocenters. The average Bonchev–Trinajstić information content (AvgIpc) is 3.04. The van der Waals surface area contributed by atoms with Gasteiger partial charge in [-0.1, -0.05) is 12.1 Å². The van der Waals surface area contributed by atoms with Crippen molar-refractivity contribution in [2.24, 2.45) is 0 Å². The maximum Gasteiger partial charge on any atom is 0.254 e. The average molecular weight is 314 g/mol. The van der Waals surface area contributed by atoms with Gasteiger partial charge in [0.25, 0.3) is 5.89 Å². The van der Waals surface area contributed by atoms with Crippen molar-refractivity contribution in [1.82, 2.24) is 10.2 Å². The minimum absolute atomic E-state index is 0.123. The van der Waals surface area contributed by atoms with Crippen LogP contribution in [-0.4, -0.2) is 16.8 Å². The largest absolute Gasteiger partial charge is 0.490 e. The smallest absolute Gasteiger partial charge is 0.254 e. The van der Waals surface area contributed by atoms with Crippen LogP contribution in [0, 0.1) is 5.82 Å². The lowest BCUT2D eigenvalue weighted by Crippen LogP contribution is -1.99. The lowest BCUT2D eigenvalue weighted by Gasteiger charge is -2.09. The normalized spacial score (nSPS) is 10.5. The Labute approximate surface area is 132 Å². The van der Waals surface area contributed by atoms with E-state index in [0.29, 0.717) is 35.5 Å². The molecule has 6 heteroatoms. The van der Waals surface area contributed by atoms with Gasteiger partial charge in [-0.15, -0.1) is 10.2 Å². The Balaban J connectivity index is 1.69. The van der Waals surface area contributed by atoms with E-state index in [9.17, 15) is 4.39 Å². The molecule has 118 valence electrons. The van der Waals surface area contributed by atoms with Crippen LogP contribution in [0.25, 0.3) is 11.5 Å². The Hall–Kier alpha value is -2.89. The maximum atomic E-state index is 12.9. The number of para-hydroxylation sites is 2. The lowest BCUT2D eigenvalue weighted by molar-refractivity contribution is 0.243. The molecule has 0 aliphatic heterocycles. The summed E-state index contributed by atoms with van der Waals surface area (Å²) in [7, 11) is 0. The standard InChI is InChI=1S/C17H15FN2O3/c1-2-21-14-5-3-4-6-15(14)22-11-16-19-20-17(23-16)12-7-9-13(18)10-8-12/h3-10H,2,11H2,1H3. The predicted molar refractivity (Wildman–Crippen MR) is 81.6 cm³/mol. The summed E-state index contributed by atoms with van der Waals surface area (Å²) in [5.41, 5.74) is 0.653. The Morgan fingerprint density at radius 1 is 0.957 bits per heavy atom. The van der Waals surface area contributed by atoms with Gasteiger partial charge in [0.05, 0.1) is 6.61 Å². The third kappa shape index (κ3) is 3.66. The number of nitrogens with zero attached hydrogens (tertiary/aromatic N) is 2. The fourth-order valence-corrected chi connectivity index (χ4v) is 2.00. The zero-order valence-corrected chi connectivity index (χ0v) is 12.5. The number of hydrogen-bond acceptors (Lipinski definition) is 5. The summed E-state index contributed by atoms with van der Waals surface area (Å²) in [6.07, 6.45) is 0. The van der Waals surface area contributed by atoms with Gasteiger partial charge in [-0.2, -0.15) is 0 Å². The number of benzene rings is 2. The second-order valence-electron chi connectivity index (χ2n) is 4.68. The molecule has 3 rings (SSSR count). The topological polar surface area (TPSA) is 57.4 Å². The Morgan fingerprint density at radius 3 is 2.35 bits per heavy atom. The fraction of sp³-hybridized carbons (Fsp3) is 0.176. The highest BCUT2D eigenvalue weighted by molar-refractivity contribution is 5.51. The van der Waals surface area contributed by atoms with Gasteiger partial charge in [-0.25, -0.2) is 4.39 Å². The van der Waals surface area contributed by atoms with Crippen LogP contribution >= 0.6 is 0 Å². The Morgan fingerprint density at radius 2 is 1.65 bits per heavy atom. The van der Waals surface area contributed by atoms with Gasteiger partial charge in [0.15, 0.2) is 18.1 Å². The molecule has 0 saturated carbocycles. The van der Waals surface area contributed by atoms with Crippen LogP contribution in [0.1, 0.15) is 12.8 Å². The van der Waals surface area contributed by atoms with Crippen molar-refractivity contribution >= 4 is 0 Å². The quantitative estimate of drug-likeness (QED) is 0.691. The van der Waals surface area contributed by atoms with Crippen LogP contribution in [0.2, 0.25) is 0 Å². The van der Waals surface area contributed by atoms with E-state index < -0.39 is 0 Å². The van der Waals surface area contributed by atoms with Crippen molar-refractivity contribution in [3.63, 3.8) is 0 Å². The highest BCUT2D eigenvalue weighted by atomic mass is 19.1. The summed E-state index contributed by atoms with van der Waals surface area (Å²) in [5.74, 6) is 1.60. The van der Waals surface area contributed by atoms with Gasteiger partial charge >= 0.3 is 0 Å². The molecular weight excluding hydrogens is 299 g/mol. The number of rotatable bonds is 6. The Bertz CT molecular complexity index is 772. The summed E-state index contributed by atoms with van der Waals surface area (Å²) in [5, 5.41) is 7.87. The monoisotopic (exact) mass is 314 g/mol. The third-order valence-electron chi connectivity index (χ3n) is 3.06. The first-order valence-corrected chi connectivity index (χ1v) is 7.19. The zero-order chi connectivity index (χ0) is 16.1. The molecular formula is C17H15FN2O3. The first kappa shape index (κ1) is 15.0. The van der Waals surface area contributed by atoms with Crippen molar-refractivity contribution in [3.8, 4) is 23.0 Å². The summed E-state index contributed by atoms with van der Waals surface area (Å²) < 4.78 is 29.6. The number of halogens is 1. The molecule has 0 bridgehead atoms. The van der Waals surface area contributed by atoms with E-state index in [0.717, 1.165) is 0 Å². The van der Waals surface area contributed by atoms with Gasteiger partial charge < -0.3 is 13.9 Å². The minimum Gasteiger partial charge on any atom is -0.490 e.